The molecule has 3 N–H and O–H groups in total. The minimum Gasteiger partial charge on any atom is -0.373 e. The predicted molar refractivity (Wildman–Crippen MR) is 55.5 cm³/mol. The van der Waals surface area contributed by atoms with Gasteiger partial charge < -0.3 is 20.4 Å². The Morgan fingerprint density at radius 2 is 2.60 bits per heavy atom. The highest BCUT2D eigenvalue weighted by Crippen LogP contribution is 2.08. The summed E-state index contributed by atoms with van der Waals surface area (Å²) < 4.78 is 5.40. The summed E-state index contributed by atoms with van der Waals surface area (Å²) in [5, 5.41) is 0. The molecule has 1 aromatic rings. The number of aromatic amines is 1. The van der Waals surface area contributed by atoms with Crippen molar-refractivity contribution in [3.05, 3.63) is 24.0 Å². The summed E-state index contributed by atoms with van der Waals surface area (Å²) in [5.74, 6) is 0.0155. The number of morpholine rings is 1. The molecule has 0 bridgehead atoms. The number of H-pyrrole nitrogens is 1. The van der Waals surface area contributed by atoms with E-state index in [0.717, 1.165) is 0 Å². The zero-order valence-electron chi connectivity index (χ0n) is 8.48. The zero-order valence-corrected chi connectivity index (χ0v) is 8.48. The molecule has 5 heteroatoms. The second-order valence-electron chi connectivity index (χ2n) is 3.56. The van der Waals surface area contributed by atoms with Crippen LogP contribution < -0.4 is 5.73 Å². The Balaban J connectivity index is 2.01. The van der Waals surface area contributed by atoms with Crippen LogP contribution in [0.25, 0.3) is 0 Å². The Morgan fingerprint density at radius 1 is 1.73 bits per heavy atom. The zero-order chi connectivity index (χ0) is 10.7. The van der Waals surface area contributed by atoms with Crippen LogP contribution in [0.15, 0.2) is 18.3 Å². The molecule has 82 valence electrons. The molecule has 2 heterocycles. The predicted octanol–water partition coefficient (Wildman–Crippen LogP) is -0.186. The van der Waals surface area contributed by atoms with E-state index < -0.39 is 0 Å². The first-order valence-electron chi connectivity index (χ1n) is 5.05. The minimum atomic E-state index is -0.0299. The third-order valence-electron chi connectivity index (χ3n) is 2.52. The second-order valence-corrected chi connectivity index (χ2v) is 3.56. The van der Waals surface area contributed by atoms with E-state index in [4.69, 9.17) is 10.5 Å². The Labute approximate surface area is 88.2 Å². The summed E-state index contributed by atoms with van der Waals surface area (Å²) in [6.07, 6.45) is 1.71. The topological polar surface area (TPSA) is 71.3 Å². The molecule has 0 saturated carbocycles. The van der Waals surface area contributed by atoms with Crippen molar-refractivity contribution in [2.24, 2.45) is 5.73 Å². The molecule has 1 aliphatic rings. The molecule has 1 aromatic heterocycles. The number of amides is 1. The highest BCUT2D eigenvalue weighted by molar-refractivity contribution is 5.92. The van der Waals surface area contributed by atoms with Crippen LogP contribution in [-0.2, 0) is 4.74 Å². The Kier molecular flexibility index (Phi) is 3.03. The first-order chi connectivity index (χ1) is 7.31. The number of carbonyl (C=O) groups is 1. The van der Waals surface area contributed by atoms with Gasteiger partial charge in [-0.1, -0.05) is 0 Å². The molecule has 1 aliphatic heterocycles. The van der Waals surface area contributed by atoms with E-state index in [1.165, 1.54) is 0 Å². The van der Waals surface area contributed by atoms with E-state index in [1.807, 2.05) is 6.07 Å². The molecular weight excluding hydrogens is 194 g/mol. The lowest BCUT2D eigenvalue weighted by Crippen LogP contribution is -2.48. The van der Waals surface area contributed by atoms with Gasteiger partial charge in [-0.3, -0.25) is 4.79 Å². The van der Waals surface area contributed by atoms with Gasteiger partial charge in [0, 0.05) is 25.8 Å². The third-order valence-corrected chi connectivity index (χ3v) is 2.52. The molecule has 0 spiro atoms. The molecule has 0 aliphatic carbocycles. The van der Waals surface area contributed by atoms with Crippen LogP contribution in [-0.4, -0.2) is 48.1 Å². The minimum absolute atomic E-state index is 0.0155. The summed E-state index contributed by atoms with van der Waals surface area (Å²) in [7, 11) is 0. The first-order valence-corrected chi connectivity index (χ1v) is 5.05. The molecule has 1 fully saturated rings. The summed E-state index contributed by atoms with van der Waals surface area (Å²) in [6.45, 7) is 2.23. The summed E-state index contributed by atoms with van der Waals surface area (Å²) in [5.41, 5.74) is 6.13. The SMILES string of the molecule is NCC1CN(C(=O)c2ccc[nH]2)CCO1. The van der Waals surface area contributed by atoms with Crippen LogP contribution >= 0.6 is 0 Å². The number of nitrogens with zero attached hydrogens (tertiary/aromatic N) is 1. The van der Waals surface area contributed by atoms with Gasteiger partial charge in [-0.15, -0.1) is 0 Å². The number of aromatic nitrogens is 1. The average molecular weight is 209 g/mol. The molecule has 1 amide bonds. The van der Waals surface area contributed by atoms with E-state index in [-0.39, 0.29) is 12.0 Å². The molecule has 1 atom stereocenters. The maximum absolute atomic E-state index is 11.9. The summed E-state index contributed by atoms with van der Waals surface area (Å²) >= 11 is 0. The Bertz CT molecular complexity index is 323. The number of rotatable bonds is 2. The van der Waals surface area contributed by atoms with Crippen LogP contribution in [0.1, 0.15) is 10.5 Å². The van der Waals surface area contributed by atoms with Crippen molar-refractivity contribution in [3.8, 4) is 0 Å². The monoisotopic (exact) mass is 209 g/mol. The fourth-order valence-corrected chi connectivity index (χ4v) is 1.68. The van der Waals surface area contributed by atoms with Crippen LogP contribution in [0.4, 0.5) is 0 Å². The fraction of sp³-hybridized carbons (Fsp3) is 0.500. The molecule has 0 radical (unpaired) electrons. The molecule has 1 unspecified atom stereocenters. The fourth-order valence-electron chi connectivity index (χ4n) is 1.68. The van der Waals surface area contributed by atoms with Gasteiger partial charge in [0.05, 0.1) is 12.7 Å². The van der Waals surface area contributed by atoms with Gasteiger partial charge in [0.15, 0.2) is 0 Å². The van der Waals surface area contributed by atoms with Crippen molar-refractivity contribution in [3.63, 3.8) is 0 Å². The van der Waals surface area contributed by atoms with Gasteiger partial charge in [-0.05, 0) is 12.1 Å². The normalized spacial score (nSPS) is 21.7. The summed E-state index contributed by atoms with van der Waals surface area (Å²) in [4.78, 5) is 16.6. The number of nitrogens with one attached hydrogen (secondary N) is 1. The summed E-state index contributed by atoms with van der Waals surface area (Å²) in [6, 6.07) is 3.59. The van der Waals surface area contributed by atoms with Crippen LogP contribution in [0.2, 0.25) is 0 Å². The van der Waals surface area contributed by atoms with Crippen LogP contribution in [0.5, 0.6) is 0 Å². The smallest absolute Gasteiger partial charge is 0.270 e. The highest BCUT2D eigenvalue weighted by Gasteiger charge is 2.24. The van der Waals surface area contributed by atoms with Crippen molar-refractivity contribution < 1.29 is 9.53 Å². The number of carbonyl (C=O) groups excluding carboxylic acids is 1. The van der Waals surface area contributed by atoms with E-state index >= 15 is 0 Å². The van der Waals surface area contributed by atoms with Crippen LogP contribution in [0.3, 0.4) is 0 Å². The lowest BCUT2D eigenvalue weighted by atomic mass is 10.2. The molecule has 0 aromatic carbocycles. The Morgan fingerprint density at radius 3 is 3.27 bits per heavy atom. The van der Waals surface area contributed by atoms with Gasteiger partial charge in [-0.25, -0.2) is 0 Å². The van der Waals surface area contributed by atoms with Gasteiger partial charge in [-0.2, -0.15) is 0 Å². The van der Waals surface area contributed by atoms with Crippen molar-refractivity contribution in [1.82, 2.24) is 9.88 Å². The van der Waals surface area contributed by atoms with E-state index in [2.05, 4.69) is 4.98 Å². The number of ether oxygens (including phenoxy) is 1. The lowest BCUT2D eigenvalue weighted by Gasteiger charge is -2.32. The van der Waals surface area contributed by atoms with Crippen molar-refractivity contribution >= 4 is 5.91 Å². The molecular formula is C10H15N3O2. The molecule has 5 nitrogen and oxygen atoms in total. The largest absolute Gasteiger partial charge is 0.373 e. The van der Waals surface area contributed by atoms with E-state index in [0.29, 0.717) is 31.9 Å². The third kappa shape index (κ3) is 2.19. The molecule has 15 heavy (non-hydrogen) atoms. The Hall–Kier alpha value is -1.33. The number of hydrogen-bond donors (Lipinski definition) is 2. The standard InChI is InChI=1S/C10H15N3O2/c11-6-8-7-13(4-5-15-8)10(14)9-2-1-3-12-9/h1-3,8,12H,4-7,11H2. The second kappa shape index (κ2) is 4.46. The lowest BCUT2D eigenvalue weighted by molar-refractivity contribution is -0.0169. The van der Waals surface area contributed by atoms with Crippen LogP contribution in [0, 0.1) is 0 Å². The quantitative estimate of drug-likeness (QED) is 0.709. The van der Waals surface area contributed by atoms with E-state index in [1.54, 1.807) is 17.2 Å². The van der Waals surface area contributed by atoms with Crippen molar-refractivity contribution in [2.75, 3.05) is 26.2 Å². The van der Waals surface area contributed by atoms with Gasteiger partial charge in [0.25, 0.3) is 5.91 Å². The highest BCUT2D eigenvalue weighted by atomic mass is 16.5. The maximum atomic E-state index is 11.9. The van der Waals surface area contributed by atoms with Crippen molar-refractivity contribution in [1.29, 1.82) is 0 Å². The van der Waals surface area contributed by atoms with Crippen molar-refractivity contribution in [2.45, 2.75) is 6.10 Å². The van der Waals surface area contributed by atoms with Gasteiger partial charge in [0.1, 0.15) is 5.69 Å². The number of nitrogens with two attached hydrogens (primary N) is 1. The van der Waals surface area contributed by atoms with Gasteiger partial charge >= 0.3 is 0 Å². The molecule has 2 rings (SSSR count). The molecule has 1 saturated heterocycles. The maximum Gasteiger partial charge on any atom is 0.270 e. The van der Waals surface area contributed by atoms with Gasteiger partial charge in [0.2, 0.25) is 0 Å². The van der Waals surface area contributed by atoms with E-state index in [9.17, 15) is 4.79 Å². The average Bonchev–Trinajstić information content (AvgIpc) is 2.81. The first kappa shape index (κ1) is 10.2. The number of hydrogen-bond acceptors (Lipinski definition) is 3.